The fourth-order valence-corrected chi connectivity index (χ4v) is 3.16. The molecule has 0 saturated heterocycles. The third kappa shape index (κ3) is 6.09. The standard InChI is InChI=1S/C18H23NO4S/c1-4-6-7-8-14-19(15-13-18(20)23-5-2)24(21,22)17-11-9-16(3)10-12-17/h4,9-12H,1,5-8,14H2,2-3H3. The maximum absolute atomic E-state index is 12.7. The Morgan fingerprint density at radius 3 is 2.54 bits per heavy atom. The third-order valence-electron chi connectivity index (χ3n) is 3.19. The molecule has 1 rings (SSSR count). The van der Waals surface area contributed by atoms with Crippen LogP contribution in [0.5, 0.6) is 0 Å². The molecular weight excluding hydrogens is 326 g/mol. The second kappa shape index (κ2) is 9.78. The smallest absolute Gasteiger partial charge is 0.386 e. The minimum atomic E-state index is -3.79. The minimum absolute atomic E-state index is 0.148. The topological polar surface area (TPSA) is 63.7 Å². The van der Waals surface area contributed by atoms with E-state index in [0.29, 0.717) is 6.42 Å². The first-order valence-corrected chi connectivity index (χ1v) is 9.24. The van der Waals surface area contributed by atoms with Gasteiger partial charge in [0.15, 0.2) is 0 Å². The van der Waals surface area contributed by atoms with Crippen LogP contribution in [0, 0.1) is 18.9 Å². The van der Waals surface area contributed by atoms with Gasteiger partial charge in [0.2, 0.25) is 0 Å². The summed E-state index contributed by atoms with van der Waals surface area (Å²) in [6, 6.07) is 8.95. The molecule has 0 amide bonds. The molecule has 1 aromatic carbocycles. The number of aryl methyl sites for hydroxylation is 1. The Hall–Kier alpha value is -2.26. The van der Waals surface area contributed by atoms with Gasteiger partial charge in [-0.1, -0.05) is 23.8 Å². The molecule has 0 N–H and O–H groups in total. The van der Waals surface area contributed by atoms with Crippen molar-refractivity contribution in [3.63, 3.8) is 0 Å². The predicted octanol–water partition coefficient (Wildman–Crippen LogP) is 2.87. The average Bonchev–Trinajstić information content (AvgIpc) is 2.54. The summed E-state index contributed by atoms with van der Waals surface area (Å²) in [6.07, 6.45) is 3.99. The summed E-state index contributed by atoms with van der Waals surface area (Å²) in [5, 5.41) is 0. The van der Waals surface area contributed by atoms with Gasteiger partial charge >= 0.3 is 5.97 Å². The zero-order valence-electron chi connectivity index (χ0n) is 14.1. The number of unbranched alkanes of at least 4 members (excludes halogenated alkanes) is 2. The molecule has 0 bridgehead atoms. The van der Waals surface area contributed by atoms with Crippen LogP contribution < -0.4 is 0 Å². The van der Waals surface area contributed by atoms with E-state index in [1.165, 1.54) is 12.1 Å². The van der Waals surface area contributed by atoms with E-state index in [1.807, 2.05) is 6.92 Å². The first kappa shape index (κ1) is 19.8. The maximum Gasteiger partial charge on any atom is 0.386 e. The molecule has 0 fully saturated rings. The van der Waals surface area contributed by atoms with E-state index < -0.39 is 16.0 Å². The second-order valence-electron chi connectivity index (χ2n) is 5.13. The first-order valence-electron chi connectivity index (χ1n) is 7.80. The van der Waals surface area contributed by atoms with E-state index in [9.17, 15) is 13.2 Å². The van der Waals surface area contributed by atoms with Crippen molar-refractivity contribution >= 4 is 16.0 Å². The number of hydrogen-bond acceptors (Lipinski definition) is 4. The van der Waals surface area contributed by atoms with Gasteiger partial charge in [0.25, 0.3) is 10.0 Å². The first-order chi connectivity index (χ1) is 11.4. The van der Waals surface area contributed by atoms with Crippen LogP contribution in [0.2, 0.25) is 0 Å². The van der Waals surface area contributed by atoms with Crippen molar-refractivity contribution in [1.29, 1.82) is 0 Å². The van der Waals surface area contributed by atoms with Crippen LogP contribution in [0.25, 0.3) is 0 Å². The van der Waals surface area contributed by atoms with Crippen molar-refractivity contribution in [2.75, 3.05) is 13.2 Å². The van der Waals surface area contributed by atoms with Crippen LogP contribution >= 0.6 is 0 Å². The normalized spacial score (nSPS) is 10.4. The quantitative estimate of drug-likeness (QED) is 0.238. The molecule has 130 valence electrons. The number of ether oxygens (including phenoxy) is 1. The molecule has 0 atom stereocenters. The van der Waals surface area contributed by atoms with Crippen molar-refractivity contribution < 1.29 is 17.9 Å². The predicted molar refractivity (Wildman–Crippen MR) is 93.5 cm³/mol. The number of sulfonamides is 1. The summed E-state index contributed by atoms with van der Waals surface area (Å²) in [6.45, 7) is 7.58. The summed E-state index contributed by atoms with van der Waals surface area (Å²) in [5.41, 5.74) is 0.962. The molecule has 0 radical (unpaired) electrons. The lowest BCUT2D eigenvalue weighted by Gasteiger charge is -2.17. The number of rotatable bonds is 8. The molecule has 5 nitrogen and oxygen atoms in total. The van der Waals surface area contributed by atoms with E-state index in [-0.39, 0.29) is 18.0 Å². The lowest BCUT2D eigenvalue weighted by molar-refractivity contribution is -0.136. The Bertz CT molecular complexity index is 712. The van der Waals surface area contributed by atoms with Crippen molar-refractivity contribution in [2.24, 2.45) is 0 Å². The SMILES string of the molecule is C=CCCCCN(C#CC(=O)OCC)S(=O)(=O)c1ccc(C)cc1. The number of carbonyl (C=O) groups is 1. The summed E-state index contributed by atoms with van der Waals surface area (Å²) < 4.78 is 31.2. The molecule has 0 aliphatic rings. The average molecular weight is 349 g/mol. The van der Waals surface area contributed by atoms with Gasteiger partial charge in [0.05, 0.1) is 11.5 Å². The van der Waals surface area contributed by atoms with Crippen LogP contribution in [0.3, 0.4) is 0 Å². The van der Waals surface area contributed by atoms with Gasteiger partial charge in [-0.05, 0) is 45.2 Å². The number of benzene rings is 1. The summed E-state index contributed by atoms with van der Waals surface area (Å²) in [4.78, 5) is 11.5. The van der Waals surface area contributed by atoms with Crippen molar-refractivity contribution in [2.45, 2.75) is 38.0 Å². The molecule has 1 aromatic rings. The Kier molecular flexibility index (Phi) is 8.07. The highest BCUT2D eigenvalue weighted by Crippen LogP contribution is 2.16. The van der Waals surface area contributed by atoms with Crippen LogP contribution in [-0.2, 0) is 19.6 Å². The lowest BCUT2D eigenvalue weighted by Crippen LogP contribution is -2.28. The van der Waals surface area contributed by atoms with Crippen LogP contribution in [-0.4, -0.2) is 31.8 Å². The Morgan fingerprint density at radius 1 is 1.29 bits per heavy atom. The molecule has 0 aromatic heterocycles. The number of esters is 1. The van der Waals surface area contributed by atoms with Gasteiger partial charge in [0.1, 0.15) is 0 Å². The number of nitrogens with zero attached hydrogens (tertiary/aromatic N) is 1. The Balaban J connectivity index is 3.03. The fraction of sp³-hybridized carbons (Fsp3) is 0.389. The highest BCUT2D eigenvalue weighted by atomic mass is 32.2. The molecule has 0 aliphatic carbocycles. The van der Waals surface area contributed by atoms with Gasteiger partial charge < -0.3 is 4.74 Å². The summed E-state index contributed by atoms with van der Waals surface area (Å²) in [7, 11) is -3.79. The van der Waals surface area contributed by atoms with Gasteiger partial charge in [-0.2, -0.15) is 0 Å². The highest BCUT2D eigenvalue weighted by Gasteiger charge is 2.21. The Labute approximate surface area is 144 Å². The van der Waals surface area contributed by atoms with Crippen molar-refractivity contribution in [3.8, 4) is 12.0 Å². The van der Waals surface area contributed by atoms with E-state index >= 15 is 0 Å². The van der Waals surface area contributed by atoms with E-state index in [0.717, 1.165) is 22.7 Å². The lowest BCUT2D eigenvalue weighted by atomic mass is 10.2. The van der Waals surface area contributed by atoms with E-state index in [1.54, 1.807) is 25.1 Å². The molecule has 0 heterocycles. The molecule has 0 unspecified atom stereocenters. The molecular formula is C18H23NO4S. The molecule has 0 spiro atoms. The highest BCUT2D eigenvalue weighted by molar-refractivity contribution is 7.89. The van der Waals surface area contributed by atoms with Gasteiger partial charge in [-0.25, -0.2) is 17.5 Å². The van der Waals surface area contributed by atoms with E-state index in [4.69, 9.17) is 4.74 Å². The van der Waals surface area contributed by atoms with Crippen LogP contribution in [0.4, 0.5) is 0 Å². The minimum Gasteiger partial charge on any atom is -0.456 e. The van der Waals surface area contributed by atoms with E-state index in [2.05, 4.69) is 18.5 Å². The number of carbonyl (C=O) groups excluding carboxylic acids is 1. The van der Waals surface area contributed by atoms with Crippen LogP contribution in [0.1, 0.15) is 31.7 Å². The van der Waals surface area contributed by atoms with Gasteiger partial charge in [-0.3, -0.25) is 0 Å². The van der Waals surface area contributed by atoms with Crippen LogP contribution in [0.15, 0.2) is 41.8 Å². The monoisotopic (exact) mass is 349 g/mol. The van der Waals surface area contributed by atoms with Crippen molar-refractivity contribution in [3.05, 3.63) is 42.5 Å². The molecule has 6 heteroatoms. The summed E-state index contributed by atoms with van der Waals surface area (Å²) in [5.74, 6) is 1.48. The molecule has 24 heavy (non-hydrogen) atoms. The zero-order valence-corrected chi connectivity index (χ0v) is 14.9. The van der Waals surface area contributed by atoms with Gasteiger partial charge in [0, 0.05) is 18.5 Å². The largest absolute Gasteiger partial charge is 0.456 e. The number of hydrogen-bond donors (Lipinski definition) is 0. The van der Waals surface area contributed by atoms with Gasteiger partial charge in [-0.15, -0.1) is 6.58 Å². The van der Waals surface area contributed by atoms with Crippen molar-refractivity contribution in [1.82, 2.24) is 4.31 Å². The molecule has 0 saturated carbocycles. The third-order valence-corrected chi connectivity index (χ3v) is 4.91. The maximum atomic E-state index is 12.7. The Morgan fingerprint density at radius 2 is 1.96 bits per heavy atom. The number of allylic oxidation sites excluding steroid dienone is 1. The second-order valence-corrected chi connectivity index (χ2v) is 6.99. The summed E-state index contributed by atoms with van der Waals surface area (Å²) >= 11 is 0. The fourth-order valence-electron chi connectivity index (χ4n) is 1.89. The molecule has 0 aliphatic heterocycles. The zero-order chi connectivity index (χ0) is 18.0.